The third kappa shape index (κ3) is 4.75. The maximum Gasteiger partial charge on any atom is 0.407 e. The van der Waals surface area contributed by atoms with E-state index in [1.165, 1.54) is 4.90 Å². The van der Waals surface area contributed by atoms with E-state index in [1.807, 2.05) is 24.3 Å². The molecule has 0 spiro atoms. The SMILES string of the molecule is O=C(O)CN(C(=O)CC1(NC(=O)OCC2c3ccccc3-c3ccccc32)CC1)c1ccccc1. The molecule has 2 N–H and O–H groups in total. The molecule has 1 saturated carbocycles. The first-order valence-corrected chi connectivity index (χ1v) is 11.7. The van der Waals surface area contributed by atoms with E-state index in [1.54, 1.807) is 30.3 Å². The fourth-order valence-corrected chi connectivity index (χ4v) is 4.80. The van der Waals surface area contributed by atoms with Crippen LogP contribution in [0.4, 0.5) is 10.5 Å². The van der Waals surface area contributed by atoms with E-state index in [2.05, 4.69) is 29.6 Å². The third-order valence-electron chi connectivity index (χ3n) is 6.72. The lowest BCUT2D eigenvalue weighted by molar-refractivity contribution is -0.136. The lowest BCUT2D eigenvalue weighted by Crippen LogP contribution is -2.44. The van der Waals surface area contributed by atoms with Crippen molar-refractivity contribution >= 4 is 23.7 Å². The molecule has 35 heavy (non-hydrogen) atoms. The van der Waals surface area contributed by atoms with Crippen molar-refractivity contribution in [3.63, 3.8) is 0 Å². The standard InChI is InChI=1S/C28H26N2O5/c31-25(30(17-26(32)33)19-8-2-1-3-9-19)16-28(14-15-28)29-27(34)35-18-24-22-12-6-4-10-20(22)21-11-5-7-13-23(21)24/h1-13,24H,14-18H2,(H,29,34)(H,32,33). The number of benzene rings is 3. The monoisotopic (exact) mass is 470 g/mol. The average molecular weight is 471 g/mol. The van der Waals surface area contributed by atoms with Crippen molar-refractivity contribution < 1.29 is 24.2 Å². The third-order valence-corrected chi connectivity index (χ3v) is 6.72. The number of nitrogens with zero attached hydrogens (tertiary/aromatic N) is 1. The molecular weight excluding hydrogens is 444 g/mol. The number of rotatable bonds is 8. The number of carbonyl (C=O) groups excluding carboxylic acids is 2. The fraction of sp³-hybridized carbons (Fsp3) is 0.250. The summed E-state index contributed by atoms with van der Waals surface area (Å²) in [5.41, 5.74) is 4.37. The summed E-state index contributed by atoms with van der Waals surface area (Å²) in [4.78, 5) is 38.3. The van der Waals surface area contributed by atoms with Gasteiger partial charge in [-0.1, -0.05) is 66.7 Å². The number of nitrogens with one attached hydrogen (secondary N) is 1. The molecule has 2 aliphatic rings. The van der Waals surface area contributed by atoms with E-state index >= 15 is 0 Å². The molecule has 3 aromatic carbocycles. The van der Waals surface area contributed by atoms with Gasteiger partial charge in [0, 0.05) is 11.6 Å². The van der Waals surface area contributed by atoms with Crippen LogP contribution in [0, 0.1) is 0 Å². The number of hydrogen-bond donors (Lipinski definition) is 2. The average Bonchev–Trinajstić information content (AvgIpc) is 3.53. The van der Waals surface area contributed by atoms with Crippen LogP contribution in [0.2, 0.25) is 0 Å². The van der Waals surface area contributed by atoms with Crippen molar-refractivity contribution in [1.29, 1.82) is 0 Å². The molecule has 178 valence electrons. The van der Waals surface area contributed by atoms with Gasteiger partial charge in [-0.2, -0.15) is 0 Å². The molecule has 0 unspecified atom stereocenters. The predicted octanol–water partition coefficient (Wildman–Crippen LogP) is 4.57. The summed E-state index contributed by atoms with van der Waals surface area (Å²) < 4.78 is 5.64. The van der Waals surface area contributed by atoms with Crippen molar-refractivity contribution in [2.75, 3.05) is 18.1 Å². The van der Waals surface area contributed by atoms with Gasteiger partial charge in [0.1, 0.15) is 13.2 Å². The number of carboxylic acid groups (broad SMARTS) is 1. The Kier molecular flexibility index (Phi) is 5.99. The Morgan fingerprint density at radius 1 is 0.886 bits per heavy atom. The van der Waals surface area contributed by atoms with Gasteiger partial charge in [0.15, 0.2) is 0 Å². The normalized spacial score (nSPS) is 15.0. The summed E-state index contributed by atoms with van der Waals surface area (Å²) in [6.45, 7) is -0.247. The Morgan fingerprint density at radius 2 is 1.46 bits per heavy atom. The number of ether oxygens (including phenoxy) is 1. The van der Waals surface area contributed by atoms with E-state index in [0.717, 1.165) is 22.3 Å². The highest BCUT2D eigenvalue weighted by atomic mass is 16.5. The topological polar surface area (TPSA) is 95.9 Å². The minimum Gasteiger partial charge on any atom is -0.480 e. The summed E-state index contributed by atoms with van der Waals surface area (Å²) in [5.74, 6) is -1.50. The van der Waals surface area contributed by atoms with Crippen molar-refractivity contribution in [3.05, 3.63) is 90.0 Å². The van der Waals surface area contributed by atoms with E-state index in [9.17, 15) is 19.5 Å². The summed E-state index contributed by atoms with van der Waals surface area (Å²) in [5, 5.41) is 12.2. The number of aliphatic carboxylic acids is 1. The van der Waals surface area contributed by atoms with Crippen molar-refractivity contribution in [2.24, 2.45) is 0 Å². The Balaban J connectivity index is 1.23. The summed E-state index contributed by atoms with van der Waals surface area (Å²) in [6, 6.07) is 24.9. The van der Waals surface area contributed by atoms with Crippen molar-refractivity contribution in [3.8, 4) is 11.1 Å². The van der Waals surface area contributed by atoms with Gasteiger partial charge in [-0.25, -0.2) is 4.79 Å². The van der Waals surface area contributed by atoms with Crippen LogP contribution in [-0.2, 0) is 14.3 Å². The minimum atomic E-state index is -1.10. The molecule has 0 atom stereocenters. The molecule has 0 bridgehead atoms. The van der Waals surface area contributed by atoms with Gasteiger partial charge in [0.25, 0.3) is 0 Å². The van der Waals surface area contributed by atoms with Gasteiger partial charge in [0.05, 0.1) is 12.0 Å². The Bertz CT molecular complexity index is 1220. The lowest BCUT2D eigenvalue weighted by atomic mass is 9.98. The maximum atomic E-state index is 13.0. The van der Waals surface area contributed by atoms with Crippen LogP contribution in [0.15, 0.2) is 78.9 Å². The number of anilines is 1. The zero-order chi connectivity index (χ0) is 24.4. The van der Waals surface area contributed by atoms with E-state index in [4.69, 9.17) is 4.74 Å². The minimum absolute atomic E-state index is 0.0133. The van der Waals surface area contributed by atoms with Crippen LogP contribution in [0.5, 0.6) is 0 Å². The first-order chi connectivity index (χ1) is 17.0. The van der Waals surface area contributed by atoms with Gasteiger partial charge in [-0.3, -0.25) is 9.59 Å². The van der Waals surface area contributed by atoms with E-state index in [-0.39, 0.29) is 24.9 Å². The zero-order valence-electron chi connectivity index (χ0n) is 19.1. The molecule has 0 heterocycles. The Hall–Kier alpha value is -4.13. The smallest absolute Gasteiger partial charge is 0.407 e. The Morgan fingerprint density at radius 3 is 2.03 bits per heavy atom. The first kappa shape index (κ1) is 22.7. The second kappa shape index (κ2) is 9.25. The van der Waals surface area contributed by atoms with Gasteiger partial charge < -0.3 is 20.1 Å². The van der Waals surface area contributed by atoms with Gasteiger partial charge >= 0.3 is 12.1 Å². The number of amides is 2. The number of carbonyl (C=O) groups is 3. The molecule has 2 aliphatic carbocycles. The molecule has 7 nitrogen and oxygen atoms in total. The summed E-state index contributed by atoms with van der Waals surface area (Å²) in [7, 11) is 0. The molecule has 5 rings (SSSR count). The number of hydrogen-bond acceptors (Lipinski definition) is 4. The van der Waals surface area contributed by atoms with Crippen LogP contribution in [0.1, 0.15) is 36.3 Å². The Labute approximate surface area is 203 Å². The molecule has 7 heteroatoms. The largest absolute Gasteiger partial charge is 0.480 e. The molecule has 2 amide bonds. The predicted molar refractivity (Wildman–Crippen MR) is 131 cm³/mol. The molecule has 0 radical (unpaired) electrons. The zero-order valence-corrected chi connectivity index (χ0v) is 19.1. The molecule has 0 saturated heterocycles. The molecule has 0 aliphatic heterocycles. The molecule has 0 aromatic heterocycles. The van der Waals surface area contributed by atoms with Crippen LogP contribution in [-0.4, -0.2) is 41.8 Å². The van der Waals surface area contributed by atoms with Crippen LogP contribution < -0.4 is 10.2 Å². The van der Waals surface area contributed by atoms with E-state index < -0.39 is 24.1 Å². The quantitative estimate of drug-likeness (QED) is 0.503. The number of alkyl carbamates (subject to hydrolysis) is 1. The number of carboxylic acids is 1. The second-order valence-corrected chi connectivity index (χ2v) is 9.12. The van der Waals surface area contributed by atoms with Crippen molar-refractivity contribution in [2.45, 2.75) is 30.7 Å². The highest BCUT2D eigenvalue weighted by Gasteiger charge is 2.47. The van der Waals surface area contributed by atoms with Crippen molar-refractivity contribution in [1.82, 2.24) is 5.32 Å². The summed E-state index contributed by atoms with van der Waals surface area (Å²) >= 11 is 0. The molecule has 3 aromatic rings. The van der Waals surface area contributed by atoms with Crippen LogP contribution >= 0.6 is 0 Å². The first-order valence-electron chi connectivity index (χ1n) is 11.7. The molecular formula is C28H26N2O5. The lowest BCUT2D eigenvalue weighted by Gasteiger charge is -2.24. The highest BCUT2D eigenvalue weighted by molar-refractivity contribution is 5.98. The maximum absolute atomic E-state index is 13.0. The molecule has 1 fully saturated rings. The number of fused-ring (bicyclic) bond motifs is 3. The fourth-order valence-electron chi connectivity index (χ4n) is 4.80. The van der Waals surface area contributed by atoms with E-state index in [0.29, 0.717) is 18.5 Å². The van der Waals surface area contributed by atoms with Gasteiger partial charge in [-0.05, 0) is 47.2 Å². The second-order valence-electron chi connectivity index (χ2n) is 9.12. The van der Waals surface area contributed by atoms with Gasteiger partial charge in [-0.15, -0.1) is 0 Å². The van der Waals surface area contributed by atoms with Crippen LogP contribution in [0.3, 0.4) is 0 Å². The number of para-hydroxylation sites is 1. The van der Waals surface area contributed by atoms with Crippen LogP contribution in [0.25, 0.3) is 11.1 Å². The highest BCUT2D eigenvalue weighted by Crippen LogP contribution is 2.45. The van der Waals surface area contributed by atoms with Gasteiger partial charge in [0.2, 0.25) is 5.91 Å². The summed E-state index contributed by atoms with van der Waals surface area (Å²) in [6.07, 6.45) is 0.720.